The van der Waals surface area contributed by atoms with Crippen LogP contribution in [0.15, 0.2) is 64.7 Å². The molecular weight excluding hydrogens is 420 g/mol. The van der Waals surface area contributed by atoms with Crippen LogP contribution in [0, 0.1) is 11.6 Å². The molecule has 0 amide bonds. The van der Waals surface area contributed by atoms with Crippen LogP contribution in [0.2, 0.25) is 0 Å². The van der Waals surface area contributed by atoms with E-state index >= 15 is 4.39 Å². The molecule has 0 aliphatic carbocycles. The van der Waals surface area contributed by atoms with Crippen molar-refractivity contribution in [1.29, 1.82) is 0 Å². The van der Waals surface area contributed by atoms with Crippen LogP contribution in [0.1, 0.15) is 0 Å². The Hall–Kier alpha value is -3.80. The van der Waals surface area contributed by atoms with Gasteiger partial charge in [-0.2, -0.15) is 0 Å². The number of halogens is 2. The monoisotopic (exact) mass is 433 g/mol. The molecule has 12 heteroatoms. The number of methoxy groups -OCH3 is 1. The van der Waals surface area contributed by atoms with Gasteiger partial charge in [-0.1, -0.05) is 5.21 Å². The molecule has 0 radical (unpaired) electrons. The lowest BCUT2D eigenvalue weighted by molar-refractivity contribution is 0.413. The topological polar surface area (TPSA) is 112 Å². The van der Waals surface area contributed by atoms with Crippen molar-refractivity contribution in [2.24, 2.45) is 0 Å². The van der Waals surface area contributed by atoms with Crippen LogP contribution in [0.25, 0.3) is 16.9 Å². The van der Waals surface area contributed by atoms with Crippen LogP contribution in [0.4, 0.5) is 14.5 Å². The van der Waals surface area contributed by atoms with E-state index in [1.165, 1.54) is 31.8 Å². The fourth-order valence-electron chi connectivity index (χ4n) is 2.61. The van der Waals surface area contributed by atoms with Gasteiger partial charge >= 0.3 is 0 Å². The molecule has 3 aromatic heterocycles. The number of nitrogens with one attached hydrogen (secondary N) is 1. The van der Waals surface area contributed by atoms with Gasteiger partial charge in [-0.25, -0.2) is 21.9 Å². The molecule has 9 nitrogen and oxygen atoms in total. The molecule has 0 aliphatic heterocycles. The van der Waals surface area contributed by atoms with Crippen molar-refractivity contribution in [2.45, 2.75) is 4.90 Å². The molecule has 30 heavy (non-hydrogen) atoms. The van der Waals surface area contributed by atoms with Gasteiger partial charge in [0.05, 0.1) is 31.5 Å². The molecule has 1 aromatic carbocycles. The molecule has 0 aliphatic rings. The highest BCUT2D eigenvalue weighted by atomic mass is 32.2. The van der Waals surface area contributed by atoms with Crippen LogP contribution in [0.5, 0.6) is 5.75 Å². The molecule has 0 saturated heterocycles. The Morgan fingerprint density at radius 3 is 2.77 bits per heavy atom. The van der Waals surface area contributed by atoms with E-state index in [-0.39, 0.29) is 10.6 Å². The smallest absolute Gasteiger partial charge is 0.265 e. The second kappa shape index (κ2) is 7.55. The number of hydrogen-bond acceptors (Lipinski definition) is 7. The van der Waals surface area contributed by atoms with E-state index in [1.807, 2.05) is 0 Å². The van der Waals surface area contributed by atoms with Crippen molar-refractivity contribution in [3.8, 4) is 22.7 Å². The molecule has 0 atom stereocenters. The molecule has 154 valence electrons. The molecule has 0 saturated carbocycles. The van der Waals surface area contributed by atoms with Crippen LogP contribution in [-0.4, -0.2) is 35.5 Å². The predicted octanol–water partition coefficient (Wildman–Crippen LogP) is 3.01. The van der Waals surface area contributed by atoms with E-state index in [9.17, 15) is 12.8 Å². The first kappa shape index (κ1) is 19.5. The van der Waals surface area contributed by atoms with Gasteiger partial charge in [0.15, 0.2) is 11.6 Å². The number of pyridine rings is 1. The van der Waals surface area contributed by atoms with Gasteiger partial charge in [0.25, 0.3) is 10.0 Å². The normalized spacial score (nSPS) is 11.4. The molecule has 1 N–H and O–H groups in total. The summed E-state index contributed by atoms with van der Waals surface area (Å²) >= 11 is 0. The van der Waals surface area contributed by atoms with E-state index in [1.54, 1.807) is 6.07 Å². The Balaban J connectivity index is 1.72. The van der Waals surface area contributed by atoms with Crippen molar-refractivity contribution in [2.75, 3.05) is 11.8 Å². The summed E-state index contributed by atoms with van der Waals surface area (Å²) < 4.78 is 66.8. The van der Waals surface area contributed by atoms with Gasteiger partial charge < -0.3 is 9.15 Å². The lowest BCUT2D eigenvalue weighted by Crippen LogP contribution is -2.15. The summed E-state index contributed by atoms with van der Waals surface area (Å²) in [6.45, 7) is 0. The number of rotatable bonds is 6. The summed E-state index contributed by atoms with van der Waals surface area (Å²) in [5.41, 5.74) is -0.271. The third kappa shape index (κ3) is 3.59. The second-order valence-corrected chi connectivity index (χ2v) is 7.67. The van der Waals surface area contributed by atoms with Crippen molar-refractivity contribution in [3.63, 3.8) is 0 Å². The highest BCUT2D eigenvalue weighted by molar-refractivity contribution is 7.92. The maximum atomic E-state index is 15.0. The Morgan fingerprint density at radius 2 is 2.03 bits per heavy atom. The van der Waals surface area contributed by atoms with E-state index in [4.69, 9.17) is 9.15 Å². The zero-order valence-corrected chi connectivity index (χ0v) is 16.1. The number of hydrogen-bond donors (Lipinski definition) is 1. The molecule has 4 aromatic rings. The fraction of sp³-hybridized carbons (Fsp3) is 0.0556. The number of furan rings is 1. The Kier molecular flexibility index (Phi) is 4.91. The first-order chi connectivity index (χ1) is 14.4. The zero-order valence-electron chi connectivity index (χ0n) is 15.3. The number of nitrogens with zero attached hydrogens (tertiary/aromatic N) is 4. The standard InChI is InChI=1S/C18H13F2N5O4S/c1-28-12-6-11(7-21-8-12)16-9-25(24-22-16)18-14(19)2-3-15(17(18)20)23-30(26,27)13-4-5-29-10-13/h2-10,23H,1H3. The number of ether oxygens (including phenoxy) is 1. The summed E-state index contributed by atoms with van der Waals surface area (Å²) in [6, 6.07) is 4.70. The summed E-state index contributed by atoms with van der Waals surface area (Å²) in [7, 11) is -2.65. The van der Waals surface area contributed by atoms with Crippen LogP contribution >= 0.6 is 0 Å². The summed E-state index contributed by atoms with van der Waals surface area (Å²) in [4.78, 5) is 3.79. The molecule has 0 fully saturated rings. The first-order valence-corrected chi connectivity index (χ1v) is 9.82. The molecule has 0 spiro atoms. The summed E-state index contributed by atoms with van der Waals surface area (Å²) in [6.07, 6.45) is 6.40. The minimum Gasteiger partial charge on any atom is -0.495 e. The second-order valence-electron chi connectivity index (χ2n) is 5.98. The molecule has 0 unspecified atom stereocenters. The van der Waals surface area contributed by atoms with E-state index in [0.29, 0.717) is 11.3 Å². The average Bonchev–Trinajstić information content (AvgIpc) is 3.43. The predicted molar refractivity (Wildman–Crippen MR) is 101 cm³/mol. The summed E-state index contributed by atoms with van der Waals surface area (Å²) in [5.74, 6) is -1.66. The van der Waals surface area contributed by atoms with E-state index in [2.05, 4.69) is 20.0 Å². The van der Waals surface area contributed by atoms with Gasteiger partial charge in [-0.3, -0.25) is 9.71 Å². The van der Waals surface area contributed by atoms with Gasteiger partial charge in [-0.15, -0.1) is 5.10 Å². The van der Waals surface area contributed by atoms with E-state index in [0.717, 1.165) is 29.3 Å². The Morgan fingerprint density at radius 1 is 1.20 bits per heavy atom. The van der Waals surface area contributed by atoms with Gasteiger partial charge in [-0.05, 0) is 24.3 Å². The van der Waals surface area contributed by atoms with Crippen molar-refractivity contribution >= 4 is 15.7 Å². The lowest BCUT2D eigenvalue weighted by Gasteiger charge is -2.11. The zero-order chi connectivity index (χ0) is 21.3. The minimum atomic E-state index is -4.12. The van der Waals surface area contributed by atoms with Gasteiger partial charge in [0, 0.05) is 11.8 Å². The third-order valence-electron chi connectivity index (χ3n) is 4.08. The van der Waals surface area contributed by atoms with Crippen molar-refractivity contribution in [3.05, 3.63) is 67.0 Å². The maximum absolute atomic E-state index is 15.0. The first-order valence-electron chi connectivity index (χ1n) is 8.34. The quantitative estimate of drug-likeness (QED) is 0.497. The van der Waals surface area contributed by atoms with Gasteiger partial charge in [0.2, 0.25) is 0 Å². The number of anilines is 1. The molecule has 4 rings (SSSR count). The summed E-state index contributed by atoms with van der Waals surface area (Å²) in [5, 5.41) is 7.65. The van der Waals surface area contributed by atoms with Crippen LogP contribution in [-0.2, 0) is 10.0 Å². The highest BCUT2D eigenvalue weighted by Crippen LogP contribution is 2.28. The molecule has 0 bridgehead atoms. The Bertz CT molecular complexity index is 1310. The number of benzene rings is 1. The fourth-order valence-corrected chi connectivity index (χ4v) is 3.60. The minimum absolute atomic E-state index is 0.207. The highest BCUT2D eigenvalue weighted by Gasteiger charge is 2.22. The molecular formula is C18H13F2N5O4S. The van der Waals surface area contributed by atoms with Crippen LogP contribution in [0.3, 0.4) is 0 Å². The van der Waals surface area contributed by atoms with Gasteiger partial charge in [0.1, 0.15) is 28.3 Å². The molecule has 3 heterocycles. The maximum Gasteiger partial charge on any atom is 0.265 e. The third-order valence-corrected chi connectivity index (χ3v) is 5.43. The van der Waals surface area contributed by atoms with Crippen molar-refractivity contribution < 1.29 is 26.4 Å². The number of sulfonamides is 1. The largest absolute Gasteiger partial charge is 0.495 e. The van der Waals surface area contributed by atoms with Crippen molar-refractivity contribution in [1.82, 2.24) is 20.0 Å². The number of aromatic nitrogens is 4. The van der Waals surface area contributed by atoms with Crippen LogP contribution < -0.4 is 9.46 Å². The average molecular weight is 433 g/mol. The Labute approximate surface area is 169 Å². The lowest BCUT2D eigenvalue weighted by atomic mass is 10.2. The van der Waals surface area contributed by atoms with E-state index < -0.39 is 33.0 Å². The SMILES string of the molecule is COc1cncc(-c2cn(-c3c(F)ccc(NS(=O)(=O)c4ccoc4)c3F)nn2)c1.